The molecule has 0 radical (unpaired) electrons. The lowest BCUT2D eigenvalue weighted by molar-refractivity contribution is -0.133. The predicted octanol–water partition coefficient (Wildman–Crippen LogP) is 3.23. The van der Waals surface area contributed by atoms with Gasteiger partial charge in [0.1, 0.15) is 6.54 Å². The molecule has 6 rings (SSSR count). The Morgan fingerprint density at radius 1 is 1.17 bits per heavy atom. The van der Waals surface area contributed by atoms with Crippen molar-refractivity contribution in [3.63, 3.8) is 0 Å². The average Bonchev–Trinajstić information content (AvgIpc) is 3.61. The number of benzene rings is 1. The fourth-order valence-electron chi connectivity index (χ4n) is 5.74. The molecule has 0 unspecified atom stereocenters. The first kappa shape index (κ1) is 27.1. The van der Waals surface area contributed by atoms with E-state index < -0.39 is 0 Å². The number of piperazine rings is 1. The number of pyridine rings is 1. The highest BCUT2D eigenvalue weighted by Crippen LogP contribution is 2.42. The second-order valence-corrected chi connectivity index (χ2v) is 11.5. The summed E-state index contributed by atoms with van der Waals surface area (Å²) in [7, 11) is 0. The van der Waals surface area contributed by atoms with Crippen LogP contribution in [-0.2, 0) is 16.8 Å². The van der Waals surface area contributed by atoms with E-state index in [4.69, 9.17) is 4.98 Å². The molecule has 0 bridgehead atoms. The summed E-state index contributed by atoms with van der Waals surface area (Å²) < 4.78 is 3.42. The van der Waals surface area contributed by atoms with Crippen molar-refractivity contribution in [2.24, 2.45) is 0 Å². The standard InChI is InChI=1S/C29H34N10OS/c1-3-35-12-14-36(15-13-35)26(40)19-38-18-23(17-31-38)32-28-33-27-25(8-5-11-39(27)34-28)37-20-29(21-37,9-10-30)22-6-4-7-24(16-22)41-2/h4-8,11,16-18H,3,9,12-15,19-21H2,1-2H3,(H,32,34). The smallest absolute Gasteiger partial charge is 0.247 e. The Balaban J connectivity index is 1.13. The van der Waals surface area contributed by atoms with Gasteiger partial charge in [0.2, 0.25) is 11.9 Å². The molecule has 41 heavy (non-hydrogen) atoms. The van der Waals surface area contributed by atoms with Crippen molar-refractivity contribution in [3.05, 3.63) is 60.6 Å². The number of nitriles is 1. The van der Waals surface area contributed by atoms with Crippen LogP contribution >= 0.6 is 11.8 Å². The summed E-state index contributed by atoms with van der Waals surface area (Å²) in [6.45, 7) is 8.18. The van der Waals surface area contributed by atoms with Gasteiger partial charge in [-0.25, -0.2) is 4.52 Å². The van der Waals surface area contributed by atoms with Crippen LogP contribution in [0.15, 0.2) is 59.9 Å². The first-order valence-corrected chi connectivity index (χ1v) is 15.1. The molecule has 11 nitrogen and oxygen atoms in total. The molecule has 12 heteroatoms. The van der Waals surface area contributed by atoms with Crippen LogP contribution in [0.4, 0.5) is 17.3 Å². The molecule has 212 valence electrons. The normalized spacial score (nSPS) is 16.9. The van der Waals surface area contributed by atoms with Gasteiger partial charge >= 0.3 is 0 Å². The molecule has 0 saturated carbocycles. The summed E-state index contributed by atoms with van der Waals surface area (Å²) in [5.74, 6) is 0.531. The molecule has 1 N–H and O–H groups in total. The molecule has 3 aromatic heterocycles. The van der Waals surface area contributed by atoms with Gasteiger partial charge in [-0.2, -0.15) is 15.3 Å². The molecule has 2 aliphatic rings. The van der Waals surface area contributed by atoms with E-state index in [9.17, 15) is 10.1 Å². The van der Waals surface area contributed by atoms with Gasteiger partial charge in [-0.3, -0.25) is 9.48 Å². The van der Waals surface area contributed by atoms with Gasteiger partial charge in [0, 0.05) is 68.4 Å². The number of rotatable bonds is 9. The van der Waals surface area contributed by atoms with Gasteiger partial charge < -0.3 is 20.0 Å². The topological polar surface area (TPSA) is 111 Å². The van der Waals surface area contributed by atoms with E-state index in [1.54, 1.807) is 33.4 Å². The maximum Gasteiger partial charge on any atom is 0.247 e. The van der Waals surface area contributed by atoms with Gasteiger partial charge in [0.05, 0.1) is 23.6 Å². The largest absolute Gasteiger partial charge is 0.366 e. The number of hydrogen-bond acceptors (Lipinski definition) is 9. The third kappa shape index (κ3) is 5.47. The number of thioether (sulfide) groups is 1. The Bertz CT molecular complexity index is 1580. The van der Waals surface area contributed by atoms with Crippen molar-refractivity contribution in [1.29, 1.82) is 5.26 Å². The summed E-state index contributed by atoms with van der Waals surface area (Å²) in [4.78, 5) is 25.3. The zero-order valence-corrected chi connectivity index (χ0v) is 24.2. The third-order valence-electron chi connectivity index (χ3n) is 8.13. The highest BCUT2D eigenvalue weighted by atomic mass is 32.2. The lowest BCUT2D eigenvalue weighted by Gasteiger charge is -2.50. The minimum atomic E-state index is -0.204. The number of anilines is 3. The van der Waals surface area contributed by atoms with Crippen LogP contribution < -0.4 is 10.2 Å². The summed E-state index contributed by atoms with van der Waals surface area (Å²) in [5.41, 5.74) is 3.44. The summed E-state index contributed by atoms with van der Waals surface area (Å²) >= 11 is 1.71. The number of aromatic nitrogens is 5. The third-order valence-corrected chi connectivity index (χ3v) is 8.85. The molecule has 2 saturated heterocycles. The number of nitrogens with zero attached hydrogens (tertiary/aromatic N) is 9. The highest BCUT2D eigenvalue weighted by Gasteiger charge is 2.45. The molecule has 4 aromatic rings. The van der Waals surface area contributed by atoms with Gasteiger partial charge in [-0.1, -0.05) is 19.1 Å². The number of nitrogens with one attached hydrogen (secondary N) is 1. The summed E-state index contributed by atoms with van der Waals surface area (Å²) in [5, 5.41) is 21.8. The first-order valence-electron chi connectivity index (χ1n) is 13.9. The maximum absolute atomic E-state index is 12.8. The minimum absolute atomic E-state index is 0.0769. The molecule has 2 aliphatic heterocycles. The quantitative estimate of drug-likeness (QED) is 0.303. The zero-order chi connectivity index (χ0) is 28.4. The maximum atomic E-state index is 12.8. The second-order valence-electron chi connectivity index (χ2n) is 10.7. The van der Waals surface area contributed by atoms with Gasteiger partial charge in [0.15, 0.2) is 5.65 Å². The van der Waals surface area contributed by atoms with E-state index in [1.807, 2.05) is 23.2 Å². The Hall–Kier alpha value is -4.08. The van der Waals surface area contributed by atoms with Crippen molar-refractivity contribution in [2.45, 2.75) is 30.2 Å². The van der Waals surface area contributed by atoms with E-state index in [1.165, 1.54) is 10.5 Å². The molecule has 5 heterocycles. The minimum Gasteiger partial charge on any atom is -0.366 e. The molecule has 2 fully saturated rings. The fraction of sp³-hybridized carbons (Fsp3) is 0.414. The van der Waals surface area contributed by atoms with Crippen LogP contribution in [0.5, 0.6) is 0 Å². The second kappa shape index (κ2) is 11.4. The van der Waals surface area contributed by atoms with E-state index in [2.05, 4.69) is 68.8 Å². The summed E-state index contributed by atoms with van der Waals surface area (Å²) in [6.07, 6.45) is 7.90. The molecule has 0 spiro atoms. The van der Waals surface area contributed by atoms with Gasteiger partial charge in [-0.05, 0) is 42.6 Å². The molecule has 0 atom stereocenters. The number of carbonyl (C=O) groups is 1. The highest BCUT2D eigenvalue weighted by molar-refractivity contribution is 7.98. The first-order chi connectivity index (χ1) is 20.0. The SMILES string of the molecule is CCN1CCN(C(=O)Cn2cc(Nc3nc4c(N5CC(CC#N)(c6cccc(SC)c6)C5)cccn4n3)cn2)CC1. The monoisotopic (exact) mass is 570 g/mol. The lowest BCUT2D eigenvalue weighted by atomic mass is 9.71. The van der Waals surface area contributed by atoms with Crippen molar-refractivity contribution in [1.82, 2.24) is 34.2 Å². The van der Waals surface area contributed by atoms with Crippen LogP contribution in [0.2, 0.25) is 0 Å². The molecular formula is C29H34N10OS. The molecule has 1 amide bonds. The Kier molecular flexibility index (Phi) is 7.55. The van der Waals surface area contributed by atoms with Crippen LogP contribution in [0, 0.1) is 11.3 Å². The lowest BCUT2D eigenvalue weighted by Crippen LogP contribution is -2.59. The van der Waals surface area contributed by atoms with E-state index in [-0.39, 0.29) is 17.9 Å². The average molecular weight is 571 g/mol. The number of likely N-dealkylation sites (N-methyl/N-ethyl adjacent to an activating group) is 1. The van der Waals surface area contributed by atoms with Crippen molar-refractivity contribution in [2.75, 3.05) is 62.3 Å². The van der Waals surface area contributed by atoms with Crippen LogP contribution in [-0.4, -0.2) is 92.2 Å². The zero-order valence-electron chi connectivity index (χ0n) is 23.4. The Labute approximate surface area is 243 Å². The fourth-order valence-corrected chi connectivity index (χ4v) is 6.20. The number of amides is 1. The predicted molar refractivity (Wildman–Crippen MR) is 160 cm³/mol. The van der Waals surface area contributed by atoms with Gasteiger partial charge in [-0.15, -0.1) is 16.9 Å². The van der Waals surface area contributed by atoms with Crippen molar-refractivity contribution >= 4 is 40.6 Å². The van der Waals surface area contributed by atoms with E-state index in [0.717, 1.165) is 62.8 Å². The summed E-state index contributed by atoms with van der Waals surface area (Å²) in [6, 6.07) is 14.9. The van der Waals surface area contributed by atoms with Crippen molar-refractivity contribution in [3.8, 4) is 6.07 Å². The van der Waals surface area contributed by atoms with Crippen molar-refractivity contribution < 1.29 is 4.79 Å². The van der Waals surface area contributed by atoms with Crippen LogP contribution in [0.25, 0.3) is 5.65 Å². The molecule has 1 aromatic carbocycles. The van der Waals surface area contributed by atoms with Gasteiger partial charge in [0.25, 0.3) is 0 Å². The molecule has 0 aliphatic carbocycles. The van der Waals surface area contributed by atoms with Crippen LogP contribution in [0.3, 0.4) is 0 Å². The number of carbonyl (C=O) groups excluding carboxylic acids is 1. The van der Waals surface area contributed by atoms with Crippen LogP contribution in [0.1, 0.15) is 18.9 Å². The number of hydrogen-bond donors (Lipinski definition) is 1. The Morgan fingerprint density at radius 3 is 2.76 bits per heavy atom. The Morgan fingerprint density at radius 2 is 2.00 bits per heavy atom. The van der Waals surface area contributed by atoms with E-state index in [0.29, 0.717) is 12.4 Å². The van der Waals surface area contributed by atoms with E-state index >= 15 is 0 Å². The number of fused-ring (bicyclic) bond motifs is 1. The molecular weight excluding hydrogens is 536 g/mol.